The zero-order valence-electron chi connectivity index (χ0n) is 14.6. The Balaban J connectivity index is 2.22. The van der Waals surface area contributed by atoms with Gasteiger partial charge in [-0.3, -0.25) is 9.48 Å². The molecule has 0 bridgehead atoms. The lowest BCUT2D eigenvalue weighted by atomic mass is 10.2. The first kappa shape index (κ1) is 18.5. The van der Waals surface area contributed by atoms with Crippen molar-refractivity contribution in [1.82, 2.24) is 9.78 Å². The molecule has 0 saturated heterocycles. The Kier molecular flexibility index (Phi) is 6.87. The van der Waals surface area contributed by atoms with Gasteiger partial charge < -0.3 is 11.1 Å². The first-order valence-corrected chi connectivity index (χ1v) is 9.30. The minimum atomic E-state index is 0.0278. The van der Waals surface area contributed by atoms with Crippen molar-refractivity contribution in [3.8, 4) is 0 Å². The van der Waals surface area contributed by atoms with Gasteiger partial charge in [-0.25, -0.2) is 0 Å². The zero-order valence-corrected chi connectivity index (χ0v) is 15.4. The second-order valence-electron chi connectivity index (χ2n) is 5.47. The van der Waals surface area contributed by atoms with E-state index in [4.69, 9.17) is 10.8 Å². The highest BCUT2D eigenvalue weighted by Gasteiger charge is 2.16. The minimum Gasteiger partial charge on any atom is -0.329 e. The number of aromatic nitrogens is 2. The maximum absolute atomic E-state index is 11.5. The second kappa shape index (κ2) is 8.89. The van der Waals surface area contributed by atoms with Gasteiger partial charge in [0.25, 0.3) is 0 Å². The summed E-state index contributed by atoms with van der Waals surface area (Å²) in [6.07, 6.45) is 2.31. The van der Waals surface area contributed by atoms with Crippen LogP contribution in [0.3, 0.4) is 0 Å². The number of hydrogen-bond donors (Lipinski definition) is 2. The molecule has 5 nitrogen and oxygen atoms in total. The molecule has 24 heavy (non-hydrogen) atoms. The van der Waals surface area contributed by atoms with Gasteiger partial charge in [-0.15, -0.1) is 0 Å². The molecule has 0 aliphatic rings. The number of carbonyl (C=O) groups excluding carboxylic acids is 1. The quantitative estimate of drug-likeness (QED) is 0.768. The lowest BCUT2D eigenvalue weighted by molar-refractivity contribution is -0.115. The molecule has 1 aromatic carbocycles. The molecule has 0 fully saturated rings. The molecule has 2 aromatic rings. The molecule has 0 saturated carbocycles. The van der Waals surface area contributed by atoms with E-state index in [2.05, 4.69) is 19.2 Å². The van der Waals surface area contributed by atoms with E-state index in [1.807, 2.05) is 35.9 Å². The summed E-state index contributed by atoms with van der Waals surface area (Å²) < 4.78 is 2.04. The highest BCUT2D eigenvalue weighted by Crippen LogP contribution is 2.34. The number of carbonyl (C=O) groups is 1. The first-order chi connectivity index (χ1) is 11.6. The van der Waals surface area contributed by atoms with E-state index >= 15 is 0 Å². The molecule has 0 aliphatic carbocycles. The first-order valence-electron chi connectivity index (χ1n) is 8.49. The number of nitrogens with two attached hydrogens (primary N) is 1. The third kappa shape index (κ3) is 4.39. The Bertz CT molecular complexity index is 679. The molecule has 0 radical (unpaired) electrons. The minimum absolute atomic E-state index is 0.0278. The third-order valence-electron chi connectivity index (χ3n) is 3.77. The molecule has 0 atom stereocenters. The largest absolute Gasteiger partial charge is 0.329 e. The molecule has 2 rings (SSSR count). The van der Waals surface area contributed by atoms with Gasteiger partial charge in [-0.2, -0.15) is 5.10 Å². The van der Waals surface area contributed by atoms with E-state index in [0.29, 0.717) is 13.0 Å². The van der Waals surface area contributed by atoms with Crippen molar-refractivity contribution >= 4 is 23.4 Å². The predicted molar refractivity (Wildman–Crippen MR) is 99.5 cm³/mol. The van der Waals surface area contributed by atoms with Crippen LogP contribution < -0.4 is 11.1 Å². The summed E-state index contributed by atoms with van der Waals surface area (Å²) in [7, 11) is 0. The van der Waals surface area contributed by atoms with Gasteiger partial charge in [-0.05, 0) is 37.1 Å². The summed E-state index contributed by atoms with van der Waals surface area (Å²) in [6.45, 7) is 7.46. The van der Waals surface area contributed by atoms with Gasteiger partial charge in [0.05, 0.1) is 22.8 Å². The molecule has 0 spiro atoms. The van der Waals surface area contributed by atoms with Crippen molar-refractivity contribution in [2.45, 2.75) is 56.4 Å². The van der Waals surface area contributed by atoms with Crippen molar-refractivity contribution in [1.29, 1.82) is 0 Å². The summed E-state index contributed by atoms with van der Waals surface area (Å²) in [4.78, 5) is 13.8. The fourth-order valence-electron chi connectivity index (χ4n) is 2.51. The number of hydrogen-bond acceptors (Lipinski definition) is 4. The van der Waals surface area contributed by atoms with E-state index in [1.165, 1.54) is 10.6 Å². The zero-order chi connectivity index (χ0) is 17.5. The smallest absolute Gasteiger partial charge is 0.224 e. The number of anilines is 1. The molecule has 6 heteroatoms. The van der Waals surface area contributed by atoms with Crippen LogP contribution in [0.2, 0.25) is 0 Å². The van der Waals surface area contributed by atoms with Gasteiger partial charge >= 0.3 is 0 Å². The molecule has 130 valence electrons. The second-order valence-corrected chi connectivity index (χ2v) is 6.55. The number of nitrogens with one attached hydrogen (secondary N) is 1. The Morgan fingerprint density at radius 3 is 2.46 bits per heavy atom. The lowest BCUT2D eigenvalue weighted by Crippen LogP contribution is -2.13. The summed E-state index contributed by atoms with van der Waals surface area (Å²) in [5.74, 6) is 0.0278. The highest BCUT2D eigenvalue weighted by molar-refractivity contribution is 7.99. The van der Waals surface area contributed by atoms with E-state index in [9.17, 15) is 4.79 Å². The number of nitrogens with zero attached hydrogens (tertiary/aromatic N) is 2. The normalized spacial score (nSPS) is 10.8. The van der Waals surface area contributed by atoms with Crippen molar-refractivity contribution in [2.24, 2.45) is 5.73 Å². The molecule has 1 aromatic heterocycles. The molecule has 0 aliphatic heterocycles. The Morgan fingerprint density at radius 2 is 1.92 bits per heavy atom. The fourth-order valence-corrected chi connectivity index (χ4v) is 3.69. The van der Waals surface area contributed by atoms with E-state index in [-0.39, 0.29) is 5.91 Å². The van der Waals surface area contributed by atoms with Gasteiger partial charge in [0.2, 0.25) is 5.91 Å². The van der Waals surface area contributed by atoms with E-state index < -0.39 is 0 Å². The van der Waals surface area contributed by atoms with Crippen LogP contribution in [-0.2, 0) is 24.2 Å². The van der Waals surface area contributed by atoms with Crippen LogP contribution in [0.5, 0.6) is 0 Å². The van der Waals surface area contributed by atoms with Crippen LogP contribution in [0.4, 0.5) is 5.69 Å². The Morgan fingerprint density at radius 1 is 1.21 bits per heavy atom. The number of rotatable bonds is 8. The Labute approximate surface area is 148 Å². The third-order valence-corrected chi connectivity index (χ3v) is 4.95. The highest BCUT2D eigenvalue weighted by atomic mass is 32.2. The molecule has 1 amide bonds. The topological polar surface area (TPSA) is 72.9 Å². The summed E-state index contributed by atoms with van der Waals surface area (Å²) in [5.41, 5.74) is 8.89. The van der Waals surface area contributed by atoms with Gasteiger partial charge in [0, 0.05) is 23.5 Å². The fraction of sp³-hybridized carbons (Fsp3) is 0.444. The molecular formula is C18H26N4OS. The number of benzene rings is 1. The van der Waals surface area contributed by atoms with Crippen LogP contribution in [0, 0.1) is 0 Å². The SMILES string of the molecule is CCC(=O)Nc1ccc(Sc2c(CC)nn(CCN)c2CC)cc1. The van der Waals surface area contributed by atoms with Crippen molar-refractivity contribution in [2.75, 3.05) is 11.9 Å². The summed E-state index contributed by atoms with van der Waals surface area (Å²) in [5, 5.41) is 7.58. The Hall–Kier alpha value is -1.79. The van der Waals surface area contributed by atoms with Crippen molar-refractivity contribution < 1.29 is 4.79 Å². The summed E-state index contributed by atoms with van der Waals surface area (Å²) >= 11 is 1.73. The van der Waals surface area contributed by atoms with Gasteiger partial charge in [0.15, 0.2) is 0 Å². The van der Waals surface area contributed by atoms with E-state index in [0.717, 1.165) is 35.7 Å². The van der Waals surface area contributed by atoms with Crippen LogP contribution in [-0.4, -0.2) is 22.2 Å². The molecular weight excluding hydrogens is 320 g/mol. The maximum Gasteiger partial charge on any atom is 0.224 e. The van der Waals surface area contributed by atoms with Crippen molar-refractivity contribution in [3.63, 3.8) is 0 Å². The molecule has 3 N–H and O–H groups in total. The van der Waals surface area contributed by atoms with Crippen LogP contribution in [0.1, 0.15) is 38.6 Å². The average molecular weight is 347 g/mol. The van der Waals surface area contributed by atoms with Gasteiger partial charge in [-0.1, -0.05) is 32.5 Å². The van der Waals surface area contributed by atoms with Gasteiger partial charge in [0.1, 0.15) is 0 Å². The average Bonchev–Trinajstić information content (AvgIpc) is 2.93. The van der Waals surface area contributed by atoms with Crippen LogP contribution in [0.15, 0.2) is 34.1 Å². The monoisotopic (exact) mass is 346 g/mol. The molecule has 1 heterocycles. The van der Waals surface area contributed by atoms with Crippen molar-refractivity contribution in [3.05, 3.63) is 35.7 Å². The molecule has 0 unspecified atom stereocenters. The van der Waals surface area contributed by atoms with Crippen LogP contribution in [0.25, 0.3) is 0 Å². The van der Waals surface area contributed by atoms with E-state index in [1.54, 1.807) is 11.8 Å². The predicted octanol–water partition coefficient (Wildman–Crippen LogP) is 3.47. The lowest BCUT2D eigenvalue weighted by Gasteiger charge is -2.08. The van der Waals surface area contributed by atoms with Crippen LogP contribution >= 0.6 is 11.8 Å². The number of amides is 1. The number of aryl methyl sites for hydroxylation is 1. The summed E-state index contributed by atoms with van der Waals surface area (Å²) in [6, 6.07) is 7.96. The standard InChI is InChI=1S/C18H26N4OS/c1-4-15-18(16(5-2)22(21-15)12-11-19)24-14-9-7-13(8-10-14)20-17(23)6-3/h7-10H,4-6,11-12,19H2,1-3H3,(H,20,23). The maximum atomic E-state index is 11.5.